The smallest absolute Gasteiger partial charge is 0.871 e. The van der Waals surface area contributed by atoms with Gasteiger partial charge in [-0.2, -0.15) is 0 Å². The summed E-state index contributed by atoms with van der Waals surface area (Å²) in [6.45, 7) is 0. The zero-order chi connectivity index (χ0) is 14.3. The second-order valence-electron chi connectivity index (χ2n) is 1.35. The molecule has 12 nitrogen and oxygen atoms in total. The minimum Gasteiger partial charge on any atom is -0.871 e. The van der Waals surface area contributed by atoms with Crippen molar-refractivity contribution >= 4 is 41.7 Å². The molecular formula is H11B4ClNa2O12. The van der Waals surface area contributed by atoms with Gasteiger partial charge in [-0.05, 0) is 0 Å². The molecule has 0 fully saturated rings. The van der Waals surface area contributed by atoms with Crippen molar-refractivity contribution in [2.45, 2.75) is 0 Å². The minimum absolute atomic E-state index is 0. The molecule has 0 spiro atoms. The third kappa shape index (κ3) is 1530. The van der Waals surface area contributed by atoms with Gasteiger partial charge in [-0.1, -0.05) is 0 Å². The van der Waals surface area contributed by atoms with E-state index < -0.39 is 29.3 Å². The van der Waals surface area contributed by atoms with Gasteiger partial charge in [0.1, 0.15) is 0 Å². The van der Waals surface area contributed by atoms with Crippen LogP contribution in [0.4, 0.5) is 0 Å². The maximum Gasteiger partial charge on any atom is 1.00 e. The van der Waals surface area contributed by atoms with Crippen molar-refractivity contribution in [2.24, 2.45) is 0 Å². The first kappa shape index (κ1) is 42.9. The largest absolute Gasteiger partial charge is 1.00 e. The van der Waals surface area contributed by atoms with E-state index in [2.05, 4.69) is 0 Å². The molecule has 0 unspecified atom stereocenters. The Hall–Kier alpha value is 2.07. The normalized spacial score (nSPS) is 5.68. The van der Waals surface area contributed by atoms with Crippen LogP contribution in [0.25, 0.3) is 0 Å². The molecule has 0 aromatic heterocycles. The van der Waals surface area contributed by atoms with Crippen LogP contribution in [0.1, 0.15) is 0 Å². The molecule has 0 aromatic carbocycles. The number of hydrogen-bond donors (Lipinski definition) is 10. The Morgan fingerprint density at radius 3 is 0.474 bits per heavy atom. The monoisotopic (exact) mass is 328 g/mol. The van der Waals surface area contributed by atoms with Gasteiger partial charge in [0.05, 0.1) is 7.32 Å². The molecule has 0 rings (SSSR count). The van der Waals surface area contributed by atoms with E-state index in [-0.39, 0.29) is 71.5 Å². The van der Waals surface area contributed by atoms with Crippen molar-refractivity contribution in [3.63, 3.8) is 0 Å². The van der Waals surface area contributed by atoms with Crippen LogP contribution in [0.3, 0.4) is 0 Å². The minimum atomic E-state index is -2.67. The van der Waals surface area contributed by atoms with E-state index in [0.29, 0.717) is 0 Å². The summed E-state index contributed by atoms with van der Waals surface area (Å²) in [7, 11) is -9.17. The molecule has 0 atom stereocenters. The fraction of sp³-hybridized carbons (Fsp3) is 0. The van der Waals surface area contributed by atoms with E-state index in [1.807, 2.05) is 0 Å². The summed E-state index contributed by atoms with van der Waals surface area (Å²) in [5.74, 6) is 0. The molecule has 0 aromatic rings. The van der Waals surface area contributed by atoms with Crippen LogP contribution in [-0.2, 0) is 0 Å². The quantitative estimate of drug-likeness (QED) is 0.186. The van der Waals surface area contributed by atoms with Crippen LogP contribution in [0, 0.1) is 0 Å². The molecule has 0 amide bonds. The predicted molar refractivity (Wildman–Crippen MR) is 52.5 cm³/mol. The molecule has 0 aliphatic heterocycles. The average Bonchev–Trinajstić information content (AvgIpc) is 1.76. The Balaban J connectivity index is -0.0000000192. The standard InChI is InChI=1S/3BH3O3.BHO3.ClH.2Na/c4*2-1(3)4;;;/h3*2-4H;2H;1H;;/q;;;-2;;2*+1. The van der Waals surface area contributed by atoms with Crippen LogP contribution in [0.5, 0.6) is 0 Å². The van der Waals surface area contributed by atoms with E-state index in [4.69, 9.17) is 60.3 Å². The summed E-state index contributed by atoms with van der Waals surface area (Å²) in [5.41, 5.74) is 0. The molecule has 0 saturated heterocycles. The van der Waals surface area contributed by atoms with Crippen LogP contribution >= 0.6 is 12.4 Å². The SMILES string of the molecule is Cl.OB(O)O.OB(O)O.OB(O)O.[Na+].[Na+].[O-]B([O-])O. The Labute approximate surface area is 160 Å². The van der Waals surface area contributed by atoms with Gasteiger partial charge in [0.25, 0.3) is 0 Å². The first-order valence-corrected chi connectivity index (χ1v) is 3.05. The number of rotatable bonds is 0. The van der Waals surface area contributed by atoms with Crippen molar-refractivity contribution in [1.82, 2.24) is 0 Å². The second-order valence-corrected chi connectivity index (χ2v) is 1.35. The van der Waals surface area contributed by atoms with E-state index in [0.717, 1.165) is 0 Å². The Morgan fingerprint density at radius 2 is 0.474 bits per heavy atom. The molecule has 0 bridgehead atoms. The topological polar surface area (TPSA) is 248 Å². The molecule has 0 heterocycles. The molecular weight excluding hydrogens is 317 g/mol. The maximum absolute atomic E-state index is 8.53. The maximum atomic E-state index is 8.53. The van der Waals surface area contributed by atoms with Gasteiger partial charge < -0.3 is 60.3 Å². The van der Waals surface area contributed by atoms with E-state index in [1.54, 1.807) is 0 Å². The fourth-order valence-corrected chi connectivity index (χ4v) is 0. The van der Waals surface area contributed by atoms with Gasteiger partial charge in [0, 0.05) is 0 Å². The van der Waals surface area contributed by atoms with E-state index in [1.165, 1.54) is 0 Å². The molecule has 0 radical (unpaired) electrons. The Morgan fingerprint density at radius 1 is 0.474 bits per heavy atom. The zero-order valence-corrected chi connectivity index (χ0v) is 14.8. The summed E-state index contributed by atoms with van der Waals surface area (Å²) in [6.07, 6.45) is 0. The van der Waals surface area contributed by atoms with Gasteiger partial charge in [0.2, 0.25) is 0 Å². The molecule has 0 saturated carbocycles. The van der Waals surface area contributed by atoms with Gasteiger partial charge >= 0.3 is 81.1 Å². The summed E-state index contributed by atoms with van der Waals surface area (Å²) in [6, 6.07) is 0. The first-order chi connectivity index (χ1) is 6.93. The third-order valence-electron chi connectivity index (χ3n) is 0. The summed E-state index contributed by atoms with van der Waals surface area (Å²) in [4.78, 5) is 0. The molecule has 0 aliphatic rings. The van der Waals surface area contributed by atoms with E-state index in [9.17, 15) is 0 Å². The van der Waals surface area contributed by atoms with Gasteiger partial charge in [0.15, 0.2) is 0 Å². The fourth-order valence-electron chi connectivity index (χ4n) is 0. The molecule has 19 heteroatoms. The van der Waals surface area contributed by atoms with Crippen LogP contribution in [0.2, 0.25) is 0 Å². The predicted octanol–water partition coefficient (Wildman–Crippen LogP) is -15.0. The van der Waals surface area contributed by atoms with Gasteiger partial charge in [-0.25, -0.2) is 0 Å². The van der Waals surface area contributed by atoms with Crippen molar-refractivity contribution < 1.29 is 119 Å². The van der Waals surface area contributed by atoms with Crippen LogP contribution in [0.15, 0.2) is 0 Å². The Kier molecular flexibility index (Phi) is 83.2. The summed E-state index contributed by atoms with van der Waals surface area (Å²) >= 11 is 0. The van der Waals surface area contributed by atoms with Crippen LogP contribution in [-0.4, -0.2) is 79.5 Å². The van der Waals surface area contributed by atoms with Gasteiger partial charge in [-0.15, -0.1) is 12.4 Å². The molecule has 104 valence electrons. The number of hydrogen-bond acceptors (Lipinski definition) is 12. The summed E-state index contributed by atoms with van der Waals surface area (Å²) in [5, 5.41) is 88.5. The van der Waals surface area contributed by atoms with Crippen LogP contribution < -0.4 is 69.2 Å². The molecule has 19 heavy (non-hydrogen) atoms. The second kappa shape index (κ2) is 36.9. The van der Waals surface area contributed by atoms with Gasteiger partial charge in [-0.3, -0.25) is 0 Å². The number of halogens is 1. The molecule has 10 N–H and O–H groups in total. The third-order valence-corrected chi connectivity index (χ3v) is 0. The van der Waals surface area contributed by atoms with Crippen molar-refractivity contribution in [3.05, 3.63) is 0 Å². The van der Waals surface area contributed by atoms with E-state index >= 15 is 0 Å². The molecule has 0 aliphatic carbocycles. The summed E-state index contributed by atoms with van der Waals surface area (Å²) < 4.78 is 0. The Bertz CT molecular complexity index is 70.7. The van der Waals surface area contributed by atoms with Crippen molar-refractivity contribution in [3.8, 4) is 0 Å². The first-order valence-electron chi connectivity index (χ1n) is 3.05. The van der Waals surface area contributed by atoms with Crippen molar-refractivity contribution in [2.75, 3.05) is 0 Å². The zero-order valence-electron chi connectivity index (χ0n) is 10.0. The van der Waals surface area contributed by atoms with Crippen molar-refractivity contribution in [1.29, 1.82) is 0 Å². The average molecular weight is 328 g/mol.